The Morgan fingerprint density at radius 1 is 0.289 bits per heavy atom. The number of hydrogen-bond donors (Lipinski definition) is 0. The van der Waals surface area contributed by atoms with Gasteiger partial charge in [0.2, 0.25) is 0 Å². The molecular weight excluding hydrogens is 1010 g/mol. The fraction of sp³-hybridized carbons (Fsp3) is 0. The van der Waals surface area contributed by atoms with Crippen molar-refractivity contribution in [2.75, 3.05) is 0 Å². The average molecular weight is 1060 g/mol. The van der Waals surface area contributed by atoms with E-state index in [0.717, 1.165) is 116 Å². The zero-order chi connectivity index (χ0) is 55.0. The largest absolute Gasteiger partial charge is 0.466 e. The zero-order valence-electron chi connectivity index (χ0n) is 44.6. The lowest BCUT2D eigenvalue weighted by Gasteiger charge is -2.17. The molecule has 0 saturated heterocycles. The van der Waals surface area contributed by atoms with Crippen LogP contribution in [0.1, 0.15) is 0 Å². The van der Waals surface area contributed by atoms with Gasteiger partial charge in [0.05, 0.1) is 45.6 Å². The molecule has 0 atom stereocenters. The number of aromatic nitrogens is 5. The van der Waals surface area contributed by atoms with E-state index >= 15 is 0 Å². The van der Waals surface area contributed by atoms with Crippen molar-refractivity contribution in [2.45, 2.75) is 0 Å². The highest BCUT2D eigenvalue weighted by atomic mass is 16.3. The SMILES string of the molecule is [C-]#[N+]c1c(-n2c3ccc(-c4ccccc4)cc3c3cc(-c4ccccc4)ccc32)cc(-n2c3ccc(-c4ccccc4)cc3c3cc(-c4ccccc4)ccc32)c2c1oc1c(-c3nc(-c4ccccc4)nc(-c4ccccc4)n3)cccc12. The molecule has 0 spiro atoms. The van der Waals surface area contributed by atoms with Crippen molar-refractivity contribution in [2.24, 2.45) is 0 Å². The minimum atomic E-state index is 0.382. The van der Waals surface area contributed by atoms with Gasteiger partial charge in [0.15, 0.2) is 17.5 Å². The second-order valence-electron chi connectivity index (χ2n) is 21.0. The Morgan fingerprint density at radius 2 is 0.639 bits per heavy atom. The molecule has 0 N–H and O–H groups in total. The third-order valence-corrected chi connectivity index (χ3v) is 16.2. The molecule has 0 fully saturated rings. The van der Waals surface area contributed by atoms with Gasteiger partial charge in [0, 0.05) is 43.4 Å². The highest BCUT2D eigenvalue weighted by molar-refractivity contribution is 6.21. The summed E-state index contributed by atoms with van der Waals surface area (Å²) in [6.45, 7) is 9.35. The molecule has 0 unspecified atom stereocenters. The van der Waals surface area contributed by atoms with Crippen LogP contribution in [0.15, 0.2) is 283 Å². The number of rotatable bonds is 9. The van der Waals surface area contributed by atoms with Crippen LogP contribution >= 0.6 is 0 Å². The first-order valence-corrected chi connectivity index (χ1v) is 27.8. The molecule has 16 aromatic rings. The minimum absolute atomic E-state index is 0.382. The molecule has 12 aromatic carbocycles. The van der Waals surface area contributed by atoms with Crippen molar-refractivity contribution < 1.29 is 4.42 Å². The fourth-order valence-electron chi connectivity index (χ4n) is 12.3. The monoisotopic (exact) mass is 1060 g/mol. The fourth-order valence-corrected chi connectivity index (χ4v) is 12.3. The summed E-state index contributed by atoms with van der Waals surface area (Å²) in [7, 11) is 0. The maximum Gasteiger partial charge on any atom is 0.252 e. The number of para-hydroxylation sites is 1. The summed E-state index contributed by atoms with van der Waals surface area (Å²) >= 11 is 0. The summed E-state index contributed by atoms with van der Waals surface area (Å²) in [5.74, 6) is 1.54. The van der Waals surface area contributed by atoms with Gasteiger partial charge in [-0.15, -0.1) is 0 Å². The van der Waals surface area contributed by atoms with Gasteiger partial charge < -0.3 is 13.6 Å². The Kier molecular flexibility index (Phi) is 11.1. The summed E-state index contributed by atoms with van der Waals surface area (Å²) in [6, 6.07) is 97.6. The first-order valence-electron chi connectivity index (χ1n) is 27.8. The Hall–Kier alpha value is -11.5. The van der Waals surface area contributed by atoms with Gasteiger partial charge in [-0.25, -0.2) is 19.8 Å². The Labute approximate surface area is 477 Å². The molecule has 4 heterocycles. The van der Waals surface area contributed by atoms with Crippen molar-refractivity contribution in [1.29, 1.82) is 0 Å². The van der Waals surface area contributed by atoms with Crippen LogP contribution in [0.5, 0.6) is 0 Å². The van der Waals surface area contributed by atoms with Crippen LogP contribution in [-0.2, 0) is 0 Å². The predicted molar refractivity (Wildman–Crippen MR) is 340 cm³/mol. The van der Waals surface area contributed by atoms with Gasteiger partial charge in [-0.3, -0.25) is 0 Å². The molecule has 4 aromatic heterocycles. The van der Waals surface area contributed by atoms with E-state index in [2.05, 4.69) is 220 Å². The lowest BCUT2D eigenvalue weighted by Crippen LogP contribution is -2.01. The molecule has 0 saturated carbocycles. The van der Waals surface area contributed by atoms with E-state index in [1.165, 1.54) is 0 Å². The van der Waals surface area contributed by atoms with E-state index in [-0.39, 0.29) is 0 Å². The molecule has 0 amide bonds. The second kappa shape index (κ2) is 19.4. The van der Waals surface area contributed by atoms with Gasteiger partial charge in [0.25, 0.3) is 5.69 Å². The van der Waals surface area contributed by atoms with Crippen molar-refractivity contribution in [1.82, 2.24) is 24.1 Å². The molecule has 0 bridgehead atoms. The molecular formula is C76H46N6O. The van der Waals surface area contributed by atoms with Crippen LogP contribution in [-0.4, -0.2) is 24.1 Å². The number of furan rings is 1. The van der Waals surface area contributed by atoms with Gasteiger partial charge in [-0.2, -0.15) is 0 Å². The topological polar surface area (TPSA) is 66.0 Å². The smallest absolute Gasteiger partial charge is 0.252 e. The lowest BCUT2D eigenvalue weighted by atomic mass is 10.0. The summed E-state index contributed by atoms with van der Waals surface area (Å²) < 4.78 is 12.1. The van der Waals surface area contributed by atoms with Crippen LogP contribution in [0.25, 0.3) is 160 Å². The molecule has 0 aliphatic carbocycles. The number of benzene rings is 12. The molecule has 7 nitrogen and oxygen atoms in total. The van der Waals surface area contributed by atoms with Crippen molar-refractivity contribution in [3.8, 4) is 90.0 Å². The zero-order valence-corrected chi connectivity index (χ0v) is 44.6. The standard InChI is InChI=1S/C76H46N6O/c1-77-71-69(82-66-41-37-56(50-25-12-4-13-26-50)45-62(66)63-46-57(38-42-67(63)82)51-27-14-5-15-28-51)47-68(81-64-39-35-54(48-21-8-2-9-22-48)43-60(64)61-44-55(36-40-65(61)81)49-23-10-3-11-24-49)70-58-33-20-34-59(72(58)83-73(70)71)76-79-74(52-29-16-6-17-30-52)78-75(80-76)53-31-18-7-19-32-53/h2-47H. The summed E-state index contributed by atoms with van der Waals surface area (Å²) in [4.78, 5) is 20.0. The van der Waals surface area contributed by atoms with Crippen LogP contribution < -0.4 is 0 Å². The first kappa shape index (κ1) is 47.5. The predicted octanol–water partition coefficient (Wildman–Crippen LogP) is 20.2. The van der Waals surface area contributed by atoms with Crippen molar-refractivity contribution >= 4 is 71.2 Å². The van der Waals surface area contributed by atoms with E-state index in [4.69, 9.17) is 19.4 Å². The average Bonchev–Trinajstić information content (AvgIpc) is 2.16. The minimum Gasteiger partial charge on any atom is -0.466 e. The van der Waals surface area contributed by atoms with E-state index in [1.807, 2.05) is 72.8 Å². The molecule has 386 valence electrons. The van der Waals surface area contributed by atoms with E-state index in [0.29, 0.717) is 45.6 Å². The van der Waals surface area contributed by atoms with Crippen LogP contribution in [0, 0.1) is 6.57 Å². The molecule has 0 aliphatic rings. The maximum absolute atomic E-state index is 9.35. The summed E-state index contributed by atoms with van der Waals surface area (Å²) in [5.41, 5.74) is 18.3. The molecule has 0 aliphatic heterocycles. The second-order valence-corrected chi connectivity index (χ2v) is 21.0. The van der Waals surface area contributed by atoms with Gasteiger partial charge in [-0.05, 0) is 105 Å². The van der Waals surface area contributed by atoms with Crippen LogP contribution in [0.3, 0.4) is 0 Å². The Morgan fingerprint density at radius 3 is 1.01 bits per heavy atom. The van der Waals surface area contributed by atoms with E-state index in [1.54, 1.807) is 0 Å². The Bertz CT molecular complexity index is 4990. The van der Waals surface area contributed by atoms with E-state index < -0.39 is 0 Å². The first-order chi connectivity index (χ1) is 41.1. The van der Waals surface area contributed by atoms with Gasteiger partial charge >= 0.3 is 0 Å². The molecule has 7 heteroatoms. The Balaban J connectivity index is 1.04. The highest BCUT2D eigenvalue weighted by Crippen LogP contribution is 2.50. The van der Waals surface area contributed by atoms with Crippen molar-refractivity contribution in [3.05, 3.63) is 290 Å². The van der Waals surface area contributed by atoms with Gasteiger partial charge in [0.1, 0.15) is 11.2 Å². The highest BCUT2D eigenvalue weighted by Gasteiger charge is 2.28. The summed E-state index contributed by atoms with van der Waals surface area (Å²) in [5, 5.41) is 5.96. The number of hydrogen-bond acceptors (Lipinski definition) is 4. The van der Waals surface area contributed by atoms with Gasteiger partial charge in [-0.1, -0.05) is 218 Å². The van der Waals surface area contributed by atoms with Crippen LogP contribution in [0.2, 0.25) is 0 Å². The molecule has 16 rings (SSSR count). The normalized spacial score (nSPS) is 11.6. The molecule has 83 heavy (non-hydrogen) atoms. The molecule has 0 radical (unpaired) electrons. The number of fused-ring (bicyclic) bond motifs is 9. The van der Waals surface area contributed by atoms with Crippen molar-refractivity contribution in [3.63, 3.8) is 0 Å². The van der Waals surface area contributed by atoms with Crippen LogP contribution in [0.4, 0.5) is 5.69 Å². The third-order valence-electron chi connectivity index (χ3n) is 16.2. The number of nitrogens with zero attached hydrogens (tertiary/aromatic N) is 6. The lowest BCUT2D eigenvalue weighted by molar-refractivity contribution is 0.671. The van der Waals surface area contributed by atoms with E-state index in [9.17, 15) is 6.57 Å². The maximum atomic E-state index is 9.35. The summed E-state index contributed by atoms with van der Waals surface area (Å²) in [6.07, 6.45) is 0. The third kappa shape index (κ3) is 7.92. The quantitative estimate of drug-likeness (QED) is 0.135.